The fourth-order valence-electron chi connectivity index (χ4n) is 3.08. The molecule has 0 aromatic heterocycles. The van der Waals surface area contributed by atoms with Crippen molar-refractivity contribution in [2.45, 2.75) is 37.8 Å². The second-order valence-corrected chi connectivity index (χ2v) is 5.45. The van der Waals surface area contributed by atoms with Crippen LogP contribution in [0.3, 0.4) is 0 Å². The van der Waals surface area contributed by atoms with E-state index >= 15 is 0 Å². The van der Waals surface area contributed by atoms with Gasteiger partial charge in [-0.1, -0.05) is 12.2 Å². The fraction of sp³-hybridized carbons (Fsp3) is 0.500. The Morgan fingerprint density at radius 2 is 2.21 bits per heavy atom. The molecule has 0 radical (unpaired) electrons. The zero-order valence-electron chi connectivity index (χ0n) is 11.3. The lowest BCUT2D eigenvalue weighted by atomic mass is 9.83. The van der Waals surface area contributed by atoms with Crippen molar-refractivity contribution in [1.82, 2.24) is 0 Å². The maximum absolute atomic E-state index is 6.31. The van der Waals surface area contributed by atoms with Crippen LogP contribution in [-0.2, 0) is 0 Å². The largest absolute Gasteiger partial charge is 0.497 e. The van der Waals surface area contributed by atoms with Gasteiger partial charge in [-0.05, 0) is 43.4 Å². The van der Waals surface area contributed by atoms with Crippen molar-refractivity contribution in [3.8, 4) is 11.5 Å². The van der Waals surface area contributed by atoms with Gasteiger partial charge in [0.1, 0.15) is 17.6 Å². The van der Waals surface area contributed by atoms with Gasteiger partial charge in [0.15, 0.2) is 0 Å². The van der Waals surface area contributed by atoms with Gasteiger partial charge in [0.2, 0.25) is 0 Å². The number of methoxy groups -OCH3 is 1. The van der Waals surface area contributed by atoms with Gasteiger partial charge in [-0.25, -0.2) is 0 Å². The minimum absolute atomic E-state index is 0.0507. The summed E-state index contributed by atoms with van der Waals surface area (Å²) < 4.78 is 11.4. The van der Waals surface area contributed by atoms with Crippen molar-refractivity contribution in [2.75, 3.05) is 7.11 Å². The van der Waals surface area contributed by atoms with Crippen molar-refractivity contribution in [1.29, 1.82) is 0 Å². The first-order valence-corrected chi connectivity index (χ1v) is 7.03. The third kappa shape index (κ3) is 2.47. The SMILES string of the molecule is COc1ccc2c(c1)[C@H](N)CC(C1CC=CCC1)O2. The van der Waals surface area contributed by atoms with Crippen molar-refractivity contribution >= 4 is 0 Å². The molecular weight excluding hydrogens is 238 g/mol. The molecule has 19 heavy (non-hydrogen) atoms. The zero-order valence-corrected chi connectivity index (χ0v) is 11.3. The van der Waals surface area contributed by atoms with Crippen LogP contribution in [0.4, 0.5) is 0 Å². The number of rotatable bonds is 2. The van der Waals surface area contributed by atoms with E-state index in [-0.39, 0.29) is 12.1 Å². The first-order valence-electron chi connectivity index (χ1n) is 7.03. The van der Waals surface area contributed by atoms with Crippen LogP contribution in [0, 0.1) is 5.92 Å². The molecule has 0 fully saturated rings. The number of nitrogens with two attached hydrogens (primary N) is 1. The Morgan fingerprint density at radius 3 is 2.95 bits per heavy atom. The molecule has 102 valence electrons. The van der Waals surface area contributed by atoms with Crippen LogP contribution in [0.1, 0.15) is 37.3 Å². The lowest BCUT2D eigenvalue weighted by Crippen LogP contribution is -2.35. The van der Waals surface area contributed by atoms with Gasteiger partial charge >= 0.3 is 0 Å². The average molecular weight is 259 g/mol. The maximum atomic E-state index is 6.31. The van der Waals surface area contributed by atoms with Crippen LogP contribution in [0.2, 0.25) is 0 Å². The van der Waals surface area contributed by atoms with E-state index in [0.717, 1.165) is 36.3 Å². The van der Waals surface area contributed by atoms with Crippen LogP contribution in [0.25, 0.3) is 0 Å². The summed E-state index contributed by atoms with van der Waals surface area (Å²) in [5.41, 5.74) is 7.38. The van der Waals surface area contributed by atoms with Crippen LogP contribution in [0.15, 0.2) is 30.4 Å². The highest BCUT2D eigenvalue weighted by Crippen LogP contribution is 2.39. The number of hydrogen-bond donors (Lipinski definition) is 1. The molecule has 1 aliphatic heterocycles. The first kappa shape index (κ1) is 12.5. The number of allylic oxidation sites excluding steroid dienone is 2. The van der Waals surface area contributed by atoms with E-state index in [4.69, 9.17) is 15.2 Å². The summed E-state index contributed by atoms with van der Waals surface area (Å²) >= 11 is 0. The highest BCUT2D eigenvalue weighted by molar-refractivity contribution is 5.43. The zero-order chi connectivity index (χ0) is 13.2. The van der Waals surface area contributed by atoms with Crippen molar-refractivity contribution in [3.63, 3.8) is 0 Å². The summed E-state index contributed by atoms with van der Waals surface area (Å²) in [5, 5.41) is 0. The van der Waals surface area contributed by atoms with E-state index in [1.165, 1.54) is 6.42 Å². The van der Waals surface area contributed by atoms with E-state index in [2.05, 4.69) is 12.2 Å². The Bertz CT molecular complexity index is 484. The smallest absolute Gasteiger partial charge is 0.124 e. The van der Waals surface area contributed by atoms with Crippen LogP contribution < -0.4 is 15.2 Å². The molecular formula is C16H21NO2. The molecule has 2 unspecified atom stereocenters. The molecule has 0 spiro atoms. The van der Waals surface area contributed by atoms with Gasteiger partial charge in [-0.3, -0.25) is 0 Å². The maximum Gasteiger partial charge on any atom is 0.124 e. The van der Waals surface area contributed by atoms with E-state index in [0.29, 0.717) is 5.92 Å². The highest BCUT2D eigenvalue weighted by Gasteiger charge is 2.31. The van der Waals surface area contributed by atoms with Crippen LogP contribution in [0.5, 0.6) is 11.5 Å². The standard InChI is InChI=1S/C16H21NO2/c1-18-12-7-8-15-13(9-12)14(17)10-16(19-15)11-5-3-2-4-6-11/h2-3,7-9,11,14,16H,4-6,10,17H2,1H3/t11?,14-,16?/m1/s1. The Kier molecular flexibility index (Phi) is 3.47. The minimum atomic E-state index is 0.0507. The number of hydrogen-bond acceptors (Lipinski definition) is 3. The molecule has 1 heterocycles. The molecule has 2 N–H and O–H groups in total. The summed E-state index contributed by atoms with van der Waals surface area (Å²) in [4.78, 5) is 0. The van der Waals surface area contributed by atoms with Gasteiger partial charge in [-0.2, -0.15) is 0 Å². The summed E-state index contributed by atoms with van der Waals surface area (Å²) in [5.74, 6) is 2.38. The molecule has 3 atom stereocenters. The minimum Gasteiger partial charge on any atom is -0.497 e. The van der Waals surface area contributed by atoms with E-state index in [1.807, 2.05) is 18.2 Å². The summed E-state index contributed by atoms with van der Waals surface area (Å²) in [6, 6.07) is 5.97. The van der Waals surface area contributed by atoms with E-state index in [9.17, 15) is 0 Å². The van der Waals surface area contributed by atoms with E-state index in [1.54, 1.807) is 7.11 Å². The molecule has 2 aliphatic rings. The van der Waals surface area contributed by atoms with Gasteiger partial charge < -0.3 is 15.2 Å². The third-order valence-corrected chi connectivity index (χ3v) is 4.22. The van der Waals surface area contributed by atoms with Crippen LogP contribution >= 0.6 is 0 Å². The normalized spacial score (nSPS) is 29.5. The predicted octanol–water partition coefficient (Wildman–Crippen LogP) is 3.20. The molecule has 3 nitrogen and oxygen atoms in total. The molecule has 1 aromatic carbocycles. The number of fused-ring (bicyclic) bond motifs is 1. The molecule has 1 aliphatic carbocycles. The molecule has 1 aromatic rings. The topological polar surface area (TPSA) is 44.5 Å². The van der Waals surface area contributed by atoms with Gasteiger partial charge in [0.05, 0.1) is 7.11 Å². The second kappa shape index (κ2) is 5.25. The Balaban J connectivity index is 1.81. The lowest BCUT2D eigenvalue weighted by Gasteiger charge is -2.35. The highest BCUT2D eigenvalue weighted by atomic mass is 16.5. The molecule has 3 heteroatoms. The monoisotopic (exact) mass is 259 g/mol. The quantitative estimate of drug-likeness (QED) is 0.829. The van der Waals surface area contributed by atoms with Gasteiger partial charge in [0.25, 0.3) is 0 Å². The summed E-state index contributed by atoms with van der Waals surface area (Å²) in [7, 11) is 1.67. The molecule has 0 saturated carbocycles. The predicted molar refractivity (Wildman–Crippen MR) is 75.4 cm³/mol. The van der Waals surface area contributed by atoms with Gasteiger partial charge in [0, 0.05) is 18.0 Å². The van der Waals surface area contributed by atoms with Crippen molar-refractivity contribution in [3.05, 3.63) is 35.9 Å². The number of benzene rings is 1. The Hall–Kier alpha value is -1.48. The Labute approximate surface area is 114 Å². The summed E-state index contributed by atoms with van der Waals surface area (Å²) in [6.45, 7) is 0. The van der Waals surface area contributed by atoms with Crippen LogP contribution in [-0.4, -0.2) is 13.2 Å². The second-order valence-electron chi connectivity index (χ2n) is 5.45. The lowest BCUT2D eigenvalue weighted by molar-refractivity contribution is 0.0936. The van der Waals surface area contributed by atoms with Gasteiger partial charge in [-0.15, -0.1) is 0 Å². The average Bonchev–Trinajstić information content (AvgIpc) is 2.48. The molecule has 0 saturated heterocycles. The van der Waals surface area contributed by atoms with E-state index < -0.39 is 0 Å². The number of ether oxygens (including phenoxy) is 2. The fourth-order valence-corrected chi connectivity index (χ4v) is 3.08. The first-order chi connectivity index (χ1) is 9.28. The summed E-state index contributed by atoms with van der Waals surface area (Å²) in [6.07, 6.45) is 9.17. The third-order valence-electron chi connectivity index (χ3n) is 4.22. The Morgan fingerprint density at radius 1 is 1.32 bits per heavy atom. The molecule has 0 amide bonds. The van der Waals surface area contributed by atoms with Crippen molar-refractivity contribution in [2.24, 2.45) is 11.7 Å². The molecule has 3 rings (SSSR count). The van der Waals surface area contributed by atoms with Crippen molar-refractivity contribution < 1.29 is 9.47 Å². The molecule has 0 bridgehead atoms.